The summed E-state index contributed by atoms with van der Waals surface area (Å²) in [7, 11) is 0. The van der Waals surface area contributed by atoms with E-state index in [4.69, 9.17) is 19.4 Å². The third-order valence-electron chi connectivity index (χ3n) is 13.1. The van der Waals surface area contributed by atoms with E-state index in [0.717, 1.165) is 59.9 Å². The summed E-state index contributed by atoms with van der Waals surface area (Å²) in [4.78, 5) is 56.8. The molecule has 56 heavy (non-hydrogen) atoms. The molecular formula is C41H50F2N8O5. The van der Waals surface area contributed by atoms with Gasteiger partial charge in [-0.25, -0.2) is 18.4 Å². The van der Waals surface area contributed by atoms with Crippen molar-refractivity contribution in [3.05, 3.63) is 46.9 Å². The van der Waals surface area contributed by atoms with Crippen LogP contribution in [0.15, 0.2) is 24.3 Å². The van der Waals surface area contributed by atoms with Crippen LogP contribution in [-0.2, 0) is 24.2 Å². The molecule has 3 aromatic rings. The van der Waals surface area contributed by atoms with Crippen molar-refractivity contribution in [3.8, 4) is 11.8 Å². The van der Waals surface area contributed by atoms with Crippen LogP contribution >= 0.6 is 0 Å². The number of likely N-dealkylation sites (tertiary alicyclic amines) is 1. The van der Waals surface area contributed by atoms with Gasteiger partial charge in [0, 0.05) is 61.8 Å². The zero-order valence-corrected chi connectivity index (χ0v) is 32.2. The number of amides is 4. The number of rotatable bonds is 7. The highest BCUT2D eigenvalue weighted by atomic mass is 19.1. The Morgan fingerprint density at radius 1 is 1.04 bits per heavy atom. The van der Waals surface area contributed by atoms with Gasteiger partial charge in [-0.2, -0.15) is 9.97 Å². The third-order valence-corrected chi connectivity index (χ3v) is 13.1. The minimum absolute atomic E-state index is 0.173. The van der Waals surface area contributed by atoms with Gasteiger partial charge in [0.15, 0.2) is 0 Å². The summed E-state index contributed by atoms with van der Waals surface area (Å²) in [5.74, 6) is 0.961. The smallest absolute Gasteiger partial charge is 0.415 e. The molecular weight excluding hydrogens is 722 g/mol. The first-order valence-electron chi connectivity index (χ1n) is 20.3. The van der Waals surface area contributed by atoms with Crippen molar-refractivity contribution in [3.63, 3.8) is 0 Å². The fourth-order valence-electron chi connectivity index (χ4n) is 10.1. The van der Waals surface area contributed by atoms with E-state index in [9.17, 15) is 18.8 Å². The number of alkyl halides is 1. The molecule has 1 spiro atoms. The molecule has 298 valence electrons. The zero-order chi connectivity index (χ0) is 38.8. The van der Waals surface area contributed by atoms with Crippen LogP contribution in [0.4, 0.5) is 29.9 Å². The van der Waals surface area contributed by atoms with E-state index in [1.807, 2.05) is 24.0 Å². The first-order chi connectivity index (χ1) is 27.0. The van der Waals surface area contributed by atoms with Gasteiger partial charge in [0.1, 0.15) is 35.7 Å². The highest BCUT2D eigenvalue weighted by Crippen LogP contribution is 2.42. The lowest BCUT2D eigenvalue weighted by atomic mass is 9.88. The molecule has 9 rings (SSSR count). The number of halogens is 2. The number of aromatic nitrogens is 2. The second kappa shape index (κ2) is 14.3. The van der Waals surface area contributed by atoms with Gasteiger partial charge in [-0.1, -0.05) is 19.9 Å². The van der Waals surface area contributed by atoms with Crippen molar-refractivity contribution in [1.82, 2.24) is 30.4 Å². The van der Waals surface area contributed by atoms with Gasteiger partial charge in [0.05, 0.1) is 24.3 Å². The van der Waals surface area contributed by atoms with E-state index in [1.165, 1.54) is 6.07 Å². The molecule has 2 aromatic carbocycles. The predicted molar refractivity (Wildman–Crippen MR) is 205 cm³/mol. The van der Waals surface area contributed by atoms with Gasteiger partial charge >= 0.3 is 18.1 Å². The molecule has 0 radical (unpaired) electrons. The number of carbonyl (C=O) groups excluding carboxylic acids is 3. The van der Waals surface area contributed by atoms with Crippen LogP contribution in [-0.4, -0.2) is 107 Å². The van der Waals surface area contributed by atoms with Crippen molar-refractivity contribution in [2.75, 3.05) is 62.2 Å². The summed E-state index contributed by atoms with van der Waals surface area (Å²) < 4.78 is 42.6. The first-order valence-corrected chi connectivity index (χ1v) is 20.3. The minimum Gasteiger partial charge on any atom is -0.461 e. The van der Waals surface area contributed by atoms with Gasteiger partial charge in [-0.15, -0.1) is 0 Å². The molecule has 15 heteroatoms. The summed E-state index contributed by atoms with van der Waals surface area (Å²) in [6.07, 6.45) is 4.94. The number of carbonyl (C=O) groups is 3. The lowest BCUT2D eigenvalue weighted by Crippen LogP contribution is -2.59. The topological polar surface area (TPSA) is 132 Å². The van der Waals surface area contributed by atoms with E-state index >= 15 is 4.39 Å². The maximum absolute atomic E-state index is 15.5. The van der Waals surface area contributed by atoms with Gasteiger partial charge in [-0.05, 0) is 86.9 Å². The van der Waals surface area contributed by atoms with Gasteiger partial charge in [0.2, 0.25) is 0 Å². The van der Waals surface area contributed by atoms with Gasteiger partial charge in [-0.3, -0.25) is 15.0 Å². The second-order valence-corrected chi connectivity index (χ2v) is 16.8. The Bertz CT molecular complexity index is 2080. The fourth-order valence-corrected chi connectivity index (χ4v) is 10.1. The molecule has 13 nitrogen and oxygen atoms in total. The lowest BCUT2D eigenvalue weighted by molar-refractivity contribution is -0.124. The molecule has 3 atom stereocenters. The summed E-state index contributed by atoms with van der Waals surface area (Å²) in [6, 6.07) is 6.53. The van der Waals surface area contributed by atoms with Crippen LogP contribution in [0.3, 0.4) is 0 Å². The van der Waals surface area contributed by atoms with Crippen LogP contribution in [0.5, 0.6) is 11.8 Å². The molecule has 1 aromatic heterocycles. The standard InChI is InChI=1S/C41H50F2N8O5/c1-3-29-31(43)7-6-26-18-28(56-39(54)48-15-8-25(2)9-16-48)19-33(34(26)29)49-17-10-30-32(22-49)44-38(55-24-40-11-4-14-51(40)21-27(42)20-40)45-35(30)50-13-5-12-41(23-50)36(52)46-37(53)47-41/h6-7,18-19,25,27H,3-5,8-17,20-24H2,1-2H3,(H2,46,47,52,53)/t27-,40+,41-/m1/s1. The van der Waals surface area contributed by atoms with E-state index in [-0.39, 0.29) is 30.9 Å². The largest absolute Gasteiger partial charge is 0.461 e. The van der Waals surface area contributed by atoms with Gasteiger partial charge in [0.25, 0.3) is 5.91 Å². The summed E-state index contributed by atoms with van der Waals surface area (Å²) in [5.41, 5.74) is 1.48. The number of ether oxygens (including phenoxy) is 2. The number of anilines is 2. The van der Waals surface area contributed by atoms with Crippen LogP contribution in [0.25, 0.3) is 10.8 Å². The van der Waals surface area contributed by atoms with E-state index in [2.05, 4.69) is 27.4 Å². The highest BCUT2D eigenvalue weighted by Gasteiger charge is 2.51. The Kier molecular flexibility index (Phi) is 9.40. The fraction of sp³-hybridized carbons (Fsp3) is 0.585. The van der Waals surface area contributed by atoms with E-state index in [1.54, 1.807) is 11.0 Å². The number of hydrogen-bond donors (Lipinski definition) is 2. The summed E-state index contributed by atoms with van der Waals surface area (Å²) in [5, 5.41) is 6.81. The van der Waals surface area contributed by atoms with Crippen molar-refractivity contribution >= 4 is 40.3 Å². The van der Waals surface area contributed by atoms with Crippen molar-refractivity contribution in [2.24, 2.45) is 5.92 Å². The lowest BCUT2D eigenvalue weighted by Gasteiger charge is -2.40. The first kappa shape index (κ1) is 36.8. The number of hydrogen-bond acceptors (Lipinski definition) is 10. The Morgan fingerprint density at radius 2 is 1.86 bits per heavy atom. The predicted octanol–water partition coefficient (Wildman–Crippen LogP) is 5.26. The number of piperidine rings is 2. The SMILES string of the molecule is CCc1c(F)ccc2cc(OC(=O)N3CCC(C)CC3)cc(N3CCc4c(nc(OC[C@@]56CCCN5C[C@H](F)C6)nc4N4CCC[C@]5(C4)NC(=O)NC5=O)C3)c12. The Hall–Kier alpha value is -4.79. The maximum Gasteiger partial charge on any atom is 0.415 e. The van der Waals surface area contributed by atoms with Crippen LogP contribution in [0, 0.1) is 11.7 Å². The zero-order valence-electron chi connectivity index (χ0n) is 32.2. The summed E-state index contributed by atoms with van der Waals surface area (Å²) in [6.45, 7) is 8.62. The number of imide groups is 1. The van der Waals surface area contributed by atoms with E-state index < -0.39 is 29.4 Å². The number of aryl methyl sites for hydroxylation is 1. The second-order valence-electron chi connectivity index (χ2n) is 16.8. The molecule has 2 N–H and O–H groups in total. The molecule has 0 aliphatic carbocycles. The molecule has 7 heterocycles. The molecule has 5 fully saturated rings. The number of fused-ring (bicyclic) bond motifs is 3. The average Bonchev–Trinajstić information content (AvgIpc) is 3.81. The molecule has 5 saturated heterocycles. The Balaban J connectivity index is 1.08. The normalized spacial score (nSPS) is 26.8. The van der Waals surface area contributed by atoms with Crippen LogP contribution < -0.4 is 29.9 Å². The van der Waals surface area contributed by atoms with Gasteiger partial charge < -0.3 is 29.5 Å². The third kappa shape index (κ3) is 6.54. The van der Waals surface area contributed by atoms with Crippen molar-refractivity contribution in [2.45, 2.75) is 95.4 Å². The maximum atomic E-state index is 15.5. The molecule has 0 unspecified atom stereocenters. The number of nitrogens with one attached hydrogen (secondary N) is 2. The van der Waals surface area contributed by atoms with Crippen LogP contribution in [0.1, 0.15) is 75.6 Å². The molecule has 0 bridgehead atoms. The minimum atomic E-state index is -1.07. The molecule has 0 saturated carbocycles. The molecule has 4 amide bonds. The van der Waals surface area contributed by atoms with Crippen molar-refractivity contribution in [1.29, 1.82) is 0 Å². The monoisotopic (exact) mass is 772 g/mol. The Morgan fingerprint density at radius 3 is 2.64 bits per heavy atom. The molecule has 6 aliphatic rings. The van der Waals surface area contributed by atoms with Crippen LogP contribution in [0.2, 0.25) is 0 Å². The van der Waals surface area contributed by atoms with Crippen molar-refractivity contribution < 1.29 is 32.6 Å². The number of nitrogens with zero attached hydrogens (tertiary/aromatic N) is 6. The number of urea groups is 1. The highest BCUT2D eigenvalue weighted by molar-refractivity contribution is 6.07. The average molecular weight is 773 g/mol. The summed E-state index contributed by atoms with van der Waals surface area (Å²) >= 11 is 0. The Labute approximate surface area is 325 Å². The van der Waals surface area contributed by atoms with E-state index in [0.29, 0.717) is 94.4 Å². The quantitative estimate of drug-likeness (QED) is 0.307. The molecule has 6 aliphatic heterocycles. The number of benzene rings is 2.